The molecule has 5 aromatic rings. The monoisotopic (exact) mass is 484 g/mol. The lowest BCUT2D eigenvalue weighted by Gasteiger charge is -2.12. The number of nitrogens with one attached hydrogen (secondary N) is 2. The second kappa shape index (κ2) is 10.4. The predicted octanol–water partition coefficient (Wildman–Crippen LogP) is 5.68. The number of para-hydroxylation sites is 2. The number of hydrogen-bond acceptors (Lipinski definition) is 5. The van der Waals surface area contributed by atoms with Gasteiger partial charge in [-0.15, -0.1) is 0 Å². The summed E-state index contributed by atoms with van der Waals surface area (Å²) in [5.41, 5.74) is 5.96. The molecule has 5 rings (SSSR count). The highest BCUT2D eigenvalue weighted by Gasteiger charge is 2.09. The zero-order valence-corrected chi connectivity index (χ0v) is 19.4. The average Bonchev–Trinajstić information content (AvgIpc) is 3.31. The van der Waals surface area contributed by atoms with Crippen molar-refractivity contribution in [3.8, 4) is 5.75 Å². The SMILES string of the molecule is O=C(CSc1nc2ccccc2[nH]1)N/N=C/c1c(OCc2ccc(F)cc2)ccc2ccccc12. The number of H-pyrrole nitrogens is 1. The van der Waals surface area contributed by atoms with E-state index in [4.69, 9.17) is 4.74 Å². The van der Waals surface area contributed by atoms with Crippen molar-refractivity contribution in [2.75, 3.05) is 5.75 Å². The number of carbonyl (C=O) groups is 1. The molecule has 6 nitrogen and oxygen atoms in total. The number of amides is 1. The Morgan fingerprint density at radius 2 is 1.83 bits per heavy atom. The second-order valence-electron chi connectivity index (χ2n) is 7.75. The summed E-state index contributed by atoms with van der Waals surface area (Å²) in [6.45, 7) is 0.278. The van der Waals surface area contributed by atoms with E-state index in [1.807, 2.05) is 60.7 Å². The molecule has 0 spiro atoms. The molecule has 0 fully saturated rings. The number of fused-ring (bicyclic) bond motifs is 2. The highest BCUT2D eigenvalue weighted by atomic mass is 32.2. The van der Waals surface area contributed by atoms with Crippen LogP contribution < -0.4 is 10.2 Å². The molecule has 0 saturated heterocycles. The lowest BCUT2D eigenvalue weighted by atomic mass is 10.0. The fourth-order valence-corrected chi connectivity index (χ4v) is 4.29. The van der Waals surface area contributed by atoms with Crippen LogP contribution in [0.2, 0.25) is 0 Å². The van der Waals surface area contributed by atoms with Gasteiger partial charge in [0, 0.05) is 5.56 Å². The molecule has 4 aromatic carbocycles. The van der Waals surface area contributed by atoms with Crippen molar-refractivity contribution in [3.63, 3.8) is 0 Å². The molecule has 35 heavy (non-hydrogen) atoms. The molecule has 0 radical (unpaired) electrons. The molecule has 0 saturated carbocycles. The average molecular weight is 485 g/mol. The van der Waals surface area contributed by atoms with E-state index >= 15 is 0 Å². The van der Waals surface area contributed by atoms with Crippen LogP contribution in [0.4, 0.5) is 4.39 Å². The van der Waals surface area contributed by atoms with Crippen LogP contribution in [0.15, 0.2) is 95.2 Å². The van der Waals surface area contributed by atoms with E-state index in [1.54, 1.807) is 18.3 Å². The van der Waals surface area contributed by atoms with Gasteiger partial charge in [0.15, 0.2) is 5.16 Å². The van der Waals surface area contributed by atoms with Gasteiger partial charge in [-0.3, -0.25) is 4.79 Å². The first kappa shape index (κ1) is 22.6. The summed E-state index contributed by atoms with van der Waals surface area (Å²) in [5, 5.41) is 6.82. The normalized spacial score (nSPS) is 11.3. The third kappa shape index (κ3) is 5.50. The van der Waals surface area contributed by atoms with Gasteiger partial charge in [0.25, 0.3) is 5.91 Å². The first-order valence-corrected chi connectivity index (χ1v) is 11.9. The van der Waals surface area contributed by atoms with Crippen LogP contribution in [0.3, 0.4) is 0 Å². The number of benzene rings is 4. The molecule has 1 heterocycles. The van der Waals surface area contributed by atoms with Crippen molar-refractivity contribution in [2.45, 2.75) is 11.8 Å². The van der Waals surface area contributed by atoms with E-state index in [9.17, 15) is 9.18 Å². The van der Waals surface area contributed by atoms with E-state index in [0.717, 1.165) is 32.9 Å². The van der Waals surface area contributed by atoms with Crippen LogP contribution in [0, 0.1) is 5.82 Å². The van der Waals surface area contributed by atoms with Gasteiger partial charge in [-0.25, -0.2) is 14.8 Å². The lowest BCUT2D eigenvalue weighted by Crippen LogP contribution is -2.19. The van der Waals surface area contributed by atoms with Crippen molar-refractivity contribution in [3.05, 3.63) is 102 Å². The summed E-state index contributed by atoms with van der Waals surface area (Å²) >= 11 is 1.31. The Kier molecular flexibility index (Phi) is 6.72. The maximum Gasteiger partial charge on any atom is 0.250 e. The maximum absolute atomic E-state index is 13.2. The number of ether oxygens (including phenoxy) is 1. The van der Waals surface area contributed by atoms with E-state index in [0.29, 0.717) is 10.9 Å². The molecular weight excluding hydrogens is 463 g/mol. The van der Waals surface area contributed by atoms with Crippen molar-refractivity contribution < 1.29 is 13.9 Å². The summed E-state index contributed by atoms with van der Waals surface area (Å²) in [6.07, 6.45) is 1.59. The van der Waals surface area contributed by atoms with Crippen molar-refractivity contribution in [1.82, 2.24) is 15.4 Å². The Bertz CT molecular complexity index is 1480. The number of nitrogens with zero attached hydrogens (tertiary/aromatic N) is 2. The van der Waals surface area contributed by atoms with Gasteiger partial charge in [0.05, 0.1) is 23.0 Å². The van der Waals surface area contributed by atoms with Gasteiger partial charge in [0.1, 0.15) is 18.2 Å². The molecule has 1 amide bonds. The van der Waals surface area contributed by atoms with E-state index in [1.165, 1.54) is 23.9 Å². The van der Waals surface area contributed by atoms with Crippen LogP contribution in [-0.2, 0) is 11.4 Å². The minimum absolute atomic E-state index is 0.167. The molecule has 0 atom stereocenters. The summed E-state index contributed by atoms with van der Waals surface area (Å²) in [7, 11) is 0. The van der Waals surface area contributed by atoms with Crippen molar-refractivity contribution in [1.29, 1.82) is 0 Å². The van der Waals surface area contributed by atoms with Crippen LogP contribution in [0.1, 0.15) is 11.1 Å². The van der Waals surface area contributed by atoms with E-state index < -0.39 is 0 Å². The number of carbonyl (C=O) groups excluding carboxylic acids is 1. The zero-order valence-electron chi connectivity index (χ0n) is 18.6. The van der Waals surface area contributed by atoms with Gasteiger partial charge in [0.2, 0.25) is 0 Å². The predicted molar refractivity (Wildman–Crippen MR) is 137 cm³/mol. The lowest BCUT2D eigenvalue weighted by molar-refractivity contribution is -0.118. The number of aromatic amines is 1. The Morgan fingerprint density at radius 3 is 2.69 bits per heavy atom. The van der Waals surface area contributed by atoms with Crippen LogP contribution >= 0.6 is 11.8 Å². The summed E-state index contributed by atoms with van der Waals surface area (Å²) in [6, 6.07) is 25.6. The number of rotatable bonds is 8. The summed E-state index contributed by atoms with van der Waals surface area (Å²) in [5.74, 6) is 0.241. The van der Waals surface area contributed by atoms with Crippen LogP contribution in [0.25, 0.3) is 21.8 Å². The number of halogens is 1. The first-order chi connectivity index (χ1) is 17.2. The van der Waals surface area contributed by atoms with Crippen molar-refractivity contribution >= 4 is 45.7 Å². The molecule has 0 unspecified atom stereocenters. The second-order valence-corrected chi connectivity index (χ2v) is 8.72. The van der Waals surface area contributed by atoms with Crippen LogP contribution in [0.5, 0.6) is 5.75 Å². The molecule has 2 N–H and O–H groups in total. The maximum atomic E-state index is 13.2. The quantitative estimate of drug-likeness (QED) is 0.169. The largest absolute Gasteiger partial charge is 0.488 e. The van der Waals surface area contributed by atoms with Crippen LogP contribution in [-0.4, -0.2) is 27.8 Å². The molecule has 0 aliphatic heterocycles. The molecule has 8 heteroatoms. The number of imidazole rings is 1. The minimum atomic E-state index is -0.290. The van der Waals surface area contributed by atoms with Crippen molar-refractivity contribution in [2.24, 2.45) is 5.10 Å². The highest BCUT2D eigenvalue weighted by Crippen LogP contribution is 2.27. The molecule has 0 aliphatic rings. The molecule has 0 bridgehead atoms. The van der Waals surface area contributed by atoms with E-state index in [-0.39, 0.29) is 24.1 Å². The Balaban J connectivity index is 1.27. The standard InChI is InChI=1S/C27H21FN4O2S/c28-20-12-9-18(10-13-20)16-34-25-14-11-19-5-1-2-6-21(19)22(25)15-29-32-26(33)17-35-27-30-23-7-3-4-8-24(23)31-27/h1-15H,16-17H2,(H,30,31)(H,32,33)/b29-15+. The van der Waals surface area contributed by atoms with Gasteiger partial charge < -0.3 is 9.72 Å². The number of thioether (sulfide) groups is 1. The van der Waals surface area contributed by atoms with E-state index in [2.05, 4.69) is 20.5 Å². The van der Waals surface area contributed by atoms with Gasteiger partial charge >= 0.3 is 0 Å². The third-order valence-electron chi connectivity index (χ3n) is 5.33. The fraction of sp³-hybridized carbons (Fsp3) is 0.0741. The Morgan fingerprint density at radius 1 is 1.03 bits per heavy atom. The molecular formula is C27H21FN4O2S. The zero-order chi connectivity index (χ0) is 24.0. The topological polar surface area (TPSA) is 79.4 Å². The number of aromatic nitrogens is 2. The third-order valence-corrected chi connectivity index (χ3v) is 6.20. The van der Waals surface area contributed by atoms with Gasteiger partial charge in [-0.2, -0.15) is 5.10 Å². The molecule has 0 aliphatic carbocycles. The van der Waals surface area contributed by atoms with Gasteiger partial charge in [-0.1, -0.05) is 66.4 Å². The fourth-order valence-electron chi connectivity index (χ4n) is 3.61. The smallest absolute Gasteiger partial charge is 0.250 e. The summed E-state index contributed by atoms with van der Waals surface area (Å²) < 4.78 is 19.2. The number of hydrogen-bond donors (Lipinski definition) is 2. The molecule has 174 valence electrons. The van der Waals surface area contributed by atoms with Gasteiger partial charge in [-0.05, 0) is 46.7 Å². The number of hydrazone groups is 1. The highest BCUT2D eigenvalue weighted by molar-refractivity contribution is 7.99. The Labute approximate surface area is 205 Å². The minimum Gasteiger partial charge on any atom is -0.488 e. The first-order valence-electron chi connectivity index (χ1n) is 10.9. The Hall–Kier alpha value is -4.17. The molecule has 1 aromatic heterocycles. The summed E-state index contributed by atoms with van der Waals surface area (Å²) in [4.78, 5) is 20.0.